The highest BCUT2D eigenvalue weighted by atomic mass is 16.1. The van der Waals surface area contributed by atoms with E-state index in [-0.39, 0.29) is 0 Å². The molecule has 4 nitrogen and oxygen atoms in total. The Bertz CT molecular complexity index is 672. The van der Waals surface area contributed by atoms with Crippen molar-refractivity contribution in [3.63, 3.8) is 0 Å². The Labute approximate surface area is 91.3 Å². The standard InChI is InChI=1S/C12H8N3O/c16-7-14-12-5-9-8-3-1-2-4-10(8)15-11(9)6-13-12/h1-6,15H,(H,13,14,16). The van der Waals surface area contributed by atoms with Crippen LogP contribution in [0.25, 0.3) is 21.8 Å². The van der Waals surface area contributed by atoms with E-state index in [1.54, 1.807) is 12.6 Å². The summed E-state index contributed by atoms with van der Waals surface area (Å²) in [5, 5.41) is 4.59. The minimum absolute atomic E-state index is 0.507. The van der Waals surface area contributed by atoms with E-state index in [9.17, 15) is 4.79 Å². The zero-order chi connectivity index (χ0) is 11.0. The van der Waals surface area contributed by atoms with Crippen LogP contribution in [0.3, 0.4) is 0 Å². The molecule has 0 saturated heterocycles. The number of para-hydroxylation sites is 1. The number of anilines is 1. The van der Waals surface area contributed by atoms with E-state index in [4.69, 9.17) is 0 Å². The van der Waals surface area contributed by atoms with Crippen LogP contribution in [0.2, 0.25) is 0 Å². The fourth-order valence-corrected chi connectivity index (χ4v) is 1.87. The monoisotopic (exact) mass is 210 g/mol. The lowest BCUT2D eigenvalue weighted by molar-refractivity contribution is 0.561. The van der Waals surface area contributed by atoms with Crippen molar-refractivity contribution >= 4 is 34.0 Å². The lowest BCUT2D eigenvalue weighted by atomic mass is 10.2. The minimum Gasteiger partial charge on any atom is -0.353 e. The van der Waals surface area contributed by atoms with Crippen molar-refractivity contribution in [3.05, 3.63) is 36.5 Å². The van der Waals surface area contributed by atoms with Crippen molar-refractivity contribution in [2.75, 3.05) is 5.32 Å². The first kappa shape index (κ1) is 8.91. The van der Waals surface area contributed by atoms with Crippen molar-refractivity contribution in [1.29, 1.82) is 0 Å². The maximum Gasteiger partial charge on any atom is 0.315 e. The van der Waals surface area contributed by atoms with Gasteiger partial charge in [0.05, 0.1) is 11.7 Å². The van der Waals surface area contributed by atoms with E-state index in [2.05, 4.69) is 15.3 Å². The molecule has 0 aliphatic heterocycles. The van der Waals surface area contributed by atoms with Gasteiger partial charge in [0, 0.05) is 16.3 Å². The number of fused-ring (bicyclic) bond motifs is 3. The molecule has 0 aliphatic rings. The average Bonchev–Trinajstić information content (AvgIpc) is 2.68. The molecule has 0 unspecified atom stereocenters. The van der Waals surface area contributed by atoms with Gasteiger partial charge >= 0.3 is 6.41 Å². The molecule has 0 bridgehead atoms. The Morgan fingerprint density at radius 1 is 1.19 bits per heavy atom. The number of amides is 1. The topological polar surface area (TPSA) is 57.8 Å². The van der Waals surface area contributed by atoms with Gasteiger partial charge in [-0.1, -0.05) is 18.2 Å². The first-order chi connectivity index (χ1) is 7.88. The molecule has 0 atom stereocenters. The van der Waals surface area contributed by atoms with Crippen molar-refractivity contribution in [1.82, 2.24) is 9.97 Å². The molecule has 1 amide bonds. The van der Waals surface area contributed by atoms with Gasteiger partial charge in [-0.25, -0.2) is 4.98 Å². The largest absolute Gasteiger partial charge is 0.353 e. The second-order valence-electron chi connectivity index (χ2n) is 3.51. The van der Waals surface area contributed by atoms with Gasteiger partial charge in [-0.05, 0) is 12.1 Å². The highest BCUT2D eigenvalue weighted by Gasteiger charge is 2.04. The molecule has 0 fully saturated rings. The fraction of sp³-hybridized carbons (Fsp3) is 0. The van der Waals surface area contributed by atoms with Crippen molar-refractivity contribution < 1.29 is 4.79 Å². The molecule has 1 aromatic carbocycles. The Hall–Kier alpha value is -2.36. The average molecular weight is 210 g/mol. The number of H-pyrrole nitrogens is 1. The van der Waals surface area contributed by atoms with E-state index < -0.39 is 0 Å². The molecular weight excluding hydrogens is 202 g/mol. The number of aromatic amines is 1. The van der Waals surface area contributed by atoms with Crippen LogP contribution in [0.1, 0.15) is 0 Å². The third-order valence-corrected chi connectivity index (χ3v) is 2.57. The summed E-state index contributed by atoms with van der Waals surface area (Å²) in [7, 11) is 0. The Kier molecular flexibility index (Phi) is 1.86. The number of carbonyl (C=O) groups excluding carboxylic acids is 1. The number of nitrogens with one attached hydrogen (secondary N) is 2. The van der Waals surface area contributed by atoms with Crippen LogP contribution in [0.15, 0.2) is 36.5 Å². The third-order valence-electron chi connectivity index (χ3n) is 2.57. The molecule has 0 aliphatic carbocycles. The van der Waals surface area contributed by atoms with Gasteiger partial charge in [0.2, 0.25) is 0 Å². The van der Waals surface area contributed by atoms with E-state index in [1.807, 2.05) is 30.3 Å². The van der Waals surface area contributed by atoms with Crippen LogP contribution in [0.4, 0.5) is 5.82 Å². The minimum atomic E-state index is 0.507. The molecule has 0 spiro atoms. The highest BCUT2D eigenvalue weighted by molar-refractivity contribution is 6.07. The van der Waals surface area contributed by atoms with Crippen LogP contribution in [-0.4, -0.2) is 16.4 Å². The van der Waals surface area contributed by atoms with Crippen LogP contribution in [0, 0.1) is 0 Å². The van der Waals surface area contributed by atoms with Crippen LogP contribution in [0.5, 0.6) is 0 Å². The summed E-state index contributed by atoms with van der Waals surface area (Å²) in [6, 6.07) is 9.83. The molecule has 77 valence electrons. The molecule has 3 rings (SSSR count). The Morgan fingerprint density at radius 2 is 2.06 bits per heavy atom. The van der Waals surface area contributed by atoms with Crippen LogP contribution >= 0.6 is 0 Å². The summed E-state index contributed by atoms with van der Waals surface area (Å²) in [6.45, 7) is 0. The first-order valence-corrected chi connectivity index (χ1v) is 4.88. The number of hydrogen-bond acceptors (Lipinski definition) is 2. The van der Waals surface area contributed by atoms with Gasteiger partial charge in [-0.2, -0.15) is 0 Å². The lowest BCUT2D eigenvalue weighted by Crippen LogP contribution is -1.95. The number of nitrogens with zero attached hydrogens (tertiary/aromatic N) is 1. The number of rotatable bonds is 2. The van der Waals surface area contributed by atoms with Crippen LogP contribution < -0.4 is 5.32 Å². The molecule has 16 heavy (non-hydrogen) atoms. The normalized spacial score (nSPS) is 10.8. The first-order valence-electron chi connectivity index (χ1n) is 4.88. The zero-order valence-corrected chi connectivity index (χ0v) is 8.32. The summed E-state index contributed by atoms with van der Waals surface area (Å²) in [5.74, 6) is 0.507. The smallest absolute Gasteiger partial charge is 0.315 e. The van der Waals surface area contributed by atoms with Crippen molar-refractivity contribution in [2.45, 2.75) is 0 Å². The van der Waals surface area contributed by atoms with E-state index in [0.717, 1.165) is 21.8 Å². The van der Waals surface area contributed by atoms with Gasteiger partial charge in [0.1, 0.15) is 5.82 Å². The fourth-order valence-electron chi connectivity index (χ4n) is 1.87. The number of pyridine rings is 1. The molecule has 2 N–H and O–H groups in total. The predicted octanol–water partition coefficient (Wildman–Crippen LogP) is 2.20. The molecule has 3 aromatic rings. The van der Waals surface area contributed by atoms with Gasteiger partial charge in [-0.3, -0.25) is 4.79 Å². The highest BCUT2D eigenvalue weighted by Crippen LogP contribution is 2.25. The third kappa shape index (κ3) is 1.24. The summed E-state index contributed by atoms with van der Waals surface area (Å²) in [6.07, 6.45) is 3.32. The van der Waals surface area contributed by atoms with Gasteiger partial charge < -0.3 is 10.3 Å². The summed E-state index contributed by atoms with van der Waals surface area (Å²) in [4.78, 5) is 17.6. The summed E-state index contributed by atoms with van der Waals surface area (Å²) in [5.41, 5.74) is 2.02. The van der Waals surface area contributed by atoms with E-state index in [1.165, 1.54) is 0 Å². The quantitative estimate of drug-likeness (QED) is 0.637. The summed E-state index contributed by atoms with van der Waals surface area (Å²) < 4.78 is 0. The molecule has 2 aromatic heterocycles. The maximum absolute atomic E-state index is 10.2. The SMILES string of the molecule is O=[C]Nc1cc2c(cn1)[nH]c1ccccc12. The second-order valence-corrected chi connectivity index (χ2v) is 3.51. The Morgan fingerprint density at radius 3 is 2.94 bits per heavy atom. The lowest BCUT2D eigenvalue weighted by Gasteiger charge is -1.96. The van der Waals surface area contributed by atoms with Gasteiger partial charge in [-0.15, -0.1) is 0 Å². The summed E-state index contributed by atoms with van der Waals surface area (Å²) >= 11 is 0. The van der Waals surface area contributed by atoms with Crippen molar-refractivity contribution in [3.8, 4) is 0 Å². The molecule has 2 heterocycles. The van der Waals surface area contributed by atoms with Gasteiger partial charge in [0.15, 0.2) is 0 Å². The van der Waals surface area contributed by atoms with Crippen LogP contribution in [-0.2, 0) is 4.79 Å². The van der Waals surface area contributed by atoms with E-state index >= 15 is 0 Å². The maximum atomic E-state index is 10.2. The molecular formula is C12H8N3O. The van der Waals surface area contributed by atoms with E-state index in [0.29, 0.717) is 5.82 Å². The molecule has 1 radical (unpaired) electrons. The Balaban J connectivity index is 2.35. The van der Waals surface area contributed by atoms with Gasteiger partial charge in [0.25, 0.3) is 0 Å². The molecule has 0 saturated carbocycles. The zero-order valence-electron chi connectivity index (χ0n) is 8.32. The molecule has 4 heteroatoms. The number of aromatic nitrogens is 2. The number of hydrogen-bond donors (Lipinski definition) is 2. The van der Waals surface area contributed by atoms with Crippen molar-refractivity contribution in [2.24, 2.45) is 0 Å². The number of benzene rings is 1. The predicted molar refractivity (Wildman–Crippen MR) is 62.9 cm³/mol. The second kappa shape index (κ2) is 3.34.